The highest BCUT2D eigenvalue weighted by atomic mass is 32.1. The third kappa shape index (κ3) is 3.54. The molecule has 20 heavy (non-hydrogen) atoms. The lowest BCUT2D eigenvalue weighted by Gasteiger charge is -2.01. The van der Waals surface area contributed by atoms with Gasteiger partial charge in [-0.3, -0.25) is 19.6 Å². The highest BCUT2D eigenvalue weighted by Crippen LogP contribution is 2.23. The van der Waals surface area contributed by atoms with E-state index in [0.29, 0.717) is 6.54 Å². The van der Waals surface area contributed by atoms with Crippen LogP contribution < -0.4 is 10.6 Å². The maximum absolute atomic E-state index is 11.2. The molecule has 2 aromatic heterocycles. The molecule has 106 valence electrons. The monoisotopic (exact) mass is 295 g/mol. The van der Waals surface area contributed by atoms with Gasteiger partial charge in [0, 0.05) is 31.2 Å². The molecule has 2 N–H and O–H groups in total. The van der Waals surface area contributed by atoms with Gasteiger partial charge < -0.3 is 10.6 Å². The van der Waals surface area contributed by atoms with Crippen LogP contribution in [0.15, 0.2) is 23.8 Å². The van der Waals surface area contributed by atoms with E-state index >= 15 is 0 Å². The van der Waals surface area contributed by atoms with E-state index in [1.54, 1.807) is 24.8 Å². The van der Waals surface area contributed by atoms with Gasteiger partial charge >= 0.3 is 5.00 Å². The highest BCUT2D eigenvalue weighted by molar-refractivity contribution is 7.13. The number of nitrogens with one attached hydrogen (secondary N) is 2. The lowest BCUT2D eigenvalue weighted by molar-refractivity contribution is -0.380. The molecule has 0 saturated carbocycles. The van der Waals surface area contributed by atoms with Crippen molar-refractivity contribution < 1.29 is 9.72 Å². The lowest BCUT2D eigenvalue weighted by atomic mass is 10.3. The molecule has 1 amide bonds. The Kier molecular flexibility index (Phi) is 4.31. The van der Waals surface area contributed by atoms with Gasteiger partial charge in [-0.25, -0.2) is 0 Å². The minimum atomic E-state index is -0.407. The summed E-state index contributed by atoms with van der Waals surface area (Å²) in [6.07, 6.45) is 3.31. The number of hydrogen-bond acceptors (Lipinski definition) is 6. The molecule has 0 unspecified atom stereocenters. The van der Waals surface area contributed by atoms with Crippen molar-refractivity contribution >= 4 is 27.9 Å². The van der Waals surface area contributed by atoms with Crippen LogP contribution >= 0.6 is 11.3 Å². The molecule has 2 aromatic rings. The van der Waals surface area contributed by atoms with Gasteiger partial charge in [-0.05, 0) is 5.56 Å². The van der Waals surface area contributed by atoms with Gasteiger partial charge in [-0.15, -0.1) is 0 Å². The third-order valence-electron chi connectivity index (χ3n) is 2.53. The van der Waals surface area contributed by atoms with Crippen LogP contribution in [-0.2, 0) is 17.9 Å². The molecular formula is C11H13N5O3S. The van der Waals surface area contributed by atoms with Gasteiger partial charge in [-0.2, -0.15) is 5.10 Å². The van der Waals surface area contributed by atoms with Crippen LogP contribution in [0.25, 0.3) is 0 Å². The van der Waals surface area contributed by atoms with Gasteiger partial charge in [0.15, 0.2) is 0 Å². The van der Waals surface area contributed by atoms with Gasteiger partial charge in [0.05, 0.1) is 16.8 Å². The molecule has 0 radical (unpaired) electrons. The minimum Gasteiger partial charge on any atom is -0.378 e. The fourth-order valence-electron chi connectivity index (χ4n) is 1.52. The van der Waals surface area contributed by atoms with Gasteiger partial charge in [0.25, 0.3) is 0 Å². The number of nitro groups is 1. The van der Waals surface area contributed by atoms with E-state index in [2.05, 4.69) is 15.7 Å². The number of aromatic nitrogens is 2. The van der Waals surface area contributed by atoms with Crippen LogP contribution in [0.3, 0.4) is 0 Å². The topological polar surface area (TPSA) is 102 Å². The fraction of sp³-hybridized carbons (Fsp3) is 0.273. The van der Waals surface area contributed by atoms with Crippen molar-refractivity contribution in [1.29, 1.82) is 0 Å². The maximum Gasteiger partial charge on any atom is 0.324 e. The Morgan fingerprint density at radius 3 is 3.05 bits per heavy atom. The molecule has 0 bridgehead atoms. The van der Waals surface area contributed by atoms with Gasteiger partial charge in [0.2, 0.25) is 5.91 Å². The summed E-state index contributed by atoms with van der Waals surface area (Å²) in [5, 5.41) is 22.1. The van der Waals surface area contributed by atoms with Crippen molar-refractivity contribution in [1.82, 2.24) is 15.1 Å². The number of amides is 1. The van der Waals surface area contributed by atoms with Crippen molar-refractivity contribution in [3.05, 3.63) is 39.5 Å². The van der Waals surface area contributed by atoms with Crippen molar-refractivity contribution in [2.24, 2.45) is 0 Å². The Morgan fingerprint density at radius 2 is 2.40 bits per heavy atom. The second kappa shape index (κ2) is 6.15. The molecule has 2 heterocycles. The van der Waals surface area contributed by atoms with Crippen molar-refractivity contribution in [3.8, 4) is 0 Å². The van der Waals surface area contributed by atoms with Crippen molar-refractivity contribution in [2.75, 3.05) is 12.4 Å². The van der Waals surface area contributed by atoms with E-state index < -0.39 is 4.92 Å². The van der Waals surface area contributed by atoms with E-state index in [0.717, 1.165) is 22.6 Å². The van der Waals surface area contributed by atoms with Gasteiger partial charge in [-0.1, -0.05) is 11.3 Å². The summed E-state index contributed by atoms with van der Waals surface area (Å²) in [6, 6.07) is 1.53. The normalized spacial score (nSPS) is 10.2. The van der Waals surface area contributed by atoms with E-state index in [1.165, 1.54) is 10.7 Å². The summed E-state index contributed by atoms with van der Waals surface area (Å²) in [5.74, 6) is -0.131. The Labute approximate surface area is 118 Å². The molecular weight excluding hydrogens is 282 g/mol. The average molecular weight is 295 g/mol. The molecule has 0 aromatic carbocycles. The molecule has 0 fully saturated rings. The molecule has 0 aliphatic heterocycles. The molecule has 8 nitrogen and oxygen atoms in total. The van der Waals surface area contributed by atoms with E-state index in [9.17, 15) is 14.9 Å². The first kappa shape index (κ1) is 14.0. The van der Waals surface area contributed by atoms with Crippen LogP contribution in [0.4, 0.5) is 10.7 Å². The Bertz CT molecular complexity index is 621. The van der Waals surface area contributed by atoms with Crippen LogP contribution in [0.1, 0.15) is 5.56 Å². The first-order chi connectivity index (χ1) is 9.58. The summed E-state index contributed by atoms with van der Waals surface area (Å²) in [7, 11) is 1.56. The zero-order chi connectivity index (χ0) is 14.5. The smallest absolute Gasteiger partial charge is 0.324 e. The predicted octanol–water partition coefficient (Wildman–Crippen LogP) is 1.21. The van der Waals surface area contributed by atoms with Crippen LogP contribution in [0.2, 0.25) is 0 Å². The molecule has 0 spiro atoms. The quantitative estimate of drug-likeness (QED) is 0.616. The summed E-state index contributed by atoms with van der Waals surface area (Å²) >= 11 is 1.10. The van der Waals surface area contributed by atoms with Crippen LogP contribution in [-0.4, -0.2) is 27.7 Å². The number of carbonyl (C=O) groups excluding carboxylic acids is 1. The minimum absolute atomic E-state index is 0.122. The number of nitrogens with zero attached hydrogens (tertiary/aromatic N) is 3. The summed E-state index contributed by atoms with van der Waals surface area (Å²) in [6.45, 7) is 0.623. The number of rotatable bonds is 6. The SMILES string of the molecule is CNC(=O)Cn1cc(NCc2csc([N+](=O)[O-])c2)cn1. The number of carbonyl (C=O) groups is 1. The Balaban J connectivity index is 1.90. The number of hydrogen-bond donors (Lipinski definition) is 2. The molecule has 9 heteroatoms. The van der Waals surface area contributed by atoms with Crippen molar-refractivity contribution in [3.63, 3.8) is 0 Å². The fourth-order valence-corrected chi connectivity index (χ4v) is 2.25. The molecule has 0 saturated heterocycles. The Morgan fingerprint density at radius 1 is 1.60 bits per heavy atom. The van der Waals surface area contributed by atoms with Crippen LogP contribution in [0.5, 0.6) is 0 Å². The first-order valence-corrected chi connectivity index (χ1v) is 6.65. The second-order valence-corrected chi connectivity index (χ2v) is 4.89. The zero-order valence-corrected chi connectivity index (χ0v) is 11.5. The van der Waals surface area contributed by atoms with E-state index in [4.69, 9.17) is 0 Å². The lowest BCUT2D eigenvalue weighted by Crippen LogP contribution is -2.23. The summed E-state index contributed by atoms with van der Waals surface area (Å²) < 4.78 is 1.51. The summed E-state index contributed by atoms with van der Waals surface area (Å²) in [4.78, 5) is 21.3. The largest absolute Gasteiger partial charge is 0.378 e. The van der Waals surface area contributed by atoms with Crippen LogP contribution in [0, 0.1) is 10.1 Å². The predicted molar refractivity (Wildman–Crippen MR) is 74.6 cm³/mol. The number of thiophene rings is 1. The standard InChI is InChI=1S/C11H13N5O3S/c1-12-10(17)6-15-5-9(4-14-15)13-3-8-2-11(16(18)19)20-7-8/h2,4-5,7,13H,3,6H2,1H3,(H,12,17). The number of likely N-dealkylation sites (N-methyl/N-ethyl adjacent to an activating group) is 1. The summed E-state index contributed by atoms with van der Waals surface area (Å²) in [5.41, 5.74) is 1.59. The number of anilines is 1. The average Bonchev–Trinajstić information content (AvgIpc) is 3.05. The molecule has 0 aliphatic rings. The molecule has 0 aliphatic carbocycles. The highest BCUT2D eigenvalue weighted by Gasteiger charge is 2.09. The van der Waals surface area contributed by atoms with E-state index in [-0.39, 0.29) is 17.5 Å². The van der Waals surface area contributed by atoms with Crippen molar-refractivity contribution in [2.45, 2.75) is 13.1 Å². The molecule has 2 rings (SSSR count). The maximum atomic E-state index is 11.2. The van der Waals surface area contributed by atoms with Gasteiger partial charge in [0.1, 0.15) is 6.54 Å². The Hall–Kier alpha value is -2.42. The second-order valence-electron chi connectivity index (χ2n) is 4.00. The first-order valence-electron chi connectivity index (χ1n) is 5.77. The zero-order valence-electron chi connectivity index (χ0n) is 10.7. The van der Waals surface area contributed by atoms with E-state index in [1.807, 2.05) is 0 Å². The molecule has 0 atom stereocenters. The third-order valence-corrected chi connectivity index (χ3v) is 3.46.